The van der Waals surface area contributed by atoms with Gasteiger partial charge >= 0.3 is 0 Å². The van der Waals surface area contributed by atoms with E-state index in [9.17, 15) is 4.79 Å². The zero-order valence-electron chi connectivity index (χ0n) is 8.91. The van der Waals surface area contributed by atoms with Crippen molar-refractivity contribution in [1.82, 2.24) is 5.32 Å². The molecule has 0 saturated carbocycles. The van der Waals surface area contributed by atoms with Gasteiger partial charge in [-0.1, -0.05) is 12.2 Å². The Hall–Kier alpha value is -0.610. The molecule has 0 saturated heterocycles. The number of allylic oxidation sites excluding steroid dienone is 2. The second-order valence-electron chi connectivity index (χ2n) is 3.98. The SMILES string of the molecule is O=C(CC1C=CCC1)NCc1cc(Br)cs1. The number of halogens is 1. The predicted octanol–water partition coefficient (Wildman–Crippen LogP) is 3.48. The maximum atomic E-state index is 11.6. The molecule has 4 heteroatoms. The van der Waals surface area contributed by atoms with Crippen molar-refractivity contribution in [3.8, 4) is 0 Å². The third-order valence-electron chi connectivity index (χ3n) is 2.64. The lowest BCUT2D eigenvalue weighted by atomic mass is 10.1. The molecule has 0 fully saturated rings. The lowest BCUT2D eigenvalue weighted by molar-refractivity contribution is -0.121. The summed E-state index contributed by atoms with van der Waals surface area (Å²) in [7, 11) is 0. The van der Waals surface area contributed by atoms with E-state index in [0.717, 1.165) is 17.3 Å². The van der Waals surface area contributed by atoms with Crippen LogP contribution in [0.5, 0.6) is 0 Å². The number of nitrogens with one attached hydrogen (secondary N) is 1. The van der Waals surface area contributed by atoms with Gasteiger partial charge in [-0.25, -0.2) is 0 Å². The van der Waals surface area contributed by atoms with Crippen molar-refractivity contribution in [3.63, 3.8) is 0 Å². The molecule has 0 radical (unpaired) electrons. The van der Waals surface area contributed by atoms with E-state index in [-0.39, 0.29) is 5.91 Å². The first-order chi connectivity index (χ1) is 7.74. The minimum atomic E-state index is 0.154. The fourth-order valence-electron chi connectivity index (χ4n) is 1.81. The molecule has 1 atom stereocenters. The highest BCUT2D eigenvalue weighted by Crippen LogP contribution is 2.21. The van der Waals surface area contributed by atoms with Crippen molar-refractivity contribution in [2.45, 2.75) is 25.8 Å². The van der Waals surface area contributed by atoms with Crippen molar-refractivity contribution >= 4 is 33.2 Å². The highest BCUT2D eigenvalue weighted by atomic mass is 79.9. The minimum absolute atomic E-state index is 0.154. The largest absolute Gasteiger partial charge is 0.351 e. The minimum Gasteiger partial charge on any atom is -0.351 e. The molecular weight excluding hydrogens is 286 g/mol. The van der Waals surface area contributed by atoms with Crippen molar-refractivity contribution in [1.29, 1.82) is 0 Å². The molecule has 0 bridgehead atoms. The van der Waals surface area contributed by atoms with E-state index >= 15 is 0 Å². The van der Waals surface area contributed by atoms with Crippen LogP contribution in [-0.2, 0) is 11.3 Å². The van der Waals surface area contributed by atoms with Crippen molar-refractivity contribution in [2.24, 2.45) is 5.92 Å². The maximum absolute atomic E-state index is 11.6. The van der Waals surface area contributed by atoms with E-state index in [1.807, 2.05) is 11.4 Å². The Labute approximate surface area is 108 Å². The Balaban J connectivity index is 1.73. The average molecular weight is 300 g/mol. The van der Waals surface area contributed by atoms with E-state index in [1.165, 1.54) is 4.88 Å². The molecule has 1 heterocycles. The van der Waals surface area contributed by atoms with Crippen molar-refractivity contribution in [2.75, 3.05) is 0 Å². The molecule has 0 spiro atoms. The summed E-state index contributed by atoms with van der Waals surface area (Å²) in [4.78, 5) is 12.8. The van der Waals surface area contributed by atoms with Crippen LogP contribution in [0.25, 0.3) is 0 Å². The molecule has 0 aliphatic heterocycles. The molecule has 0 aromatic carbocycles. The van der Waals surface area contributed by atoms with Crippen LogP contribution in [0, 0.1) is 5.92 Å². The second-order valence-corrected chi connectivity index (χ2v) is 5.89. The Morgan fingerprint density at radius 3 is 3.12 bits per heavy atom. The number of amides is 1. The summed E-state index contributed by atoms with van der Waals surface area (Å²) in [5.41, 5.74) is 0. The van der Waals surface area contributed by atoms with Gasteiger partial charge in [-0.3, -0.25) is 4.79 Å². The molecular formula is C12H14BrNOS. The van der Waals surface area contributed by atoms with Crippen molar-refractivity contribution in [3.05, 3.63) is 32.9 Å². The quantitative estimate of drug-likeness (QED) is 0.847. The summed E-state index contributed by atoms with van der Waals surface area (Å²) in [6.45, 7) is 0.644. The third kappa shape index (κ3) is 3.46. The van der Waals surface area contributed by atoms with E-state index in [0.29, 0.717) is 18.9 Å². The normalized spacial score (nSPS) is 18.9. The van der Waals surface area contributed by atoms with Crippen LogP contribution in [0.1, 0.15) is 24.1 Å². The van der Waals surface area contributed by atoms with Gasteiger partial charge < -0.3 is 5.32 Å². The lowest BCUT2D eigenvalue weighted by Crippen LogP contribution is -2.23. The molecule has 2 nitrogen and oxygen atoms in total. The maximum Gasteiger partial charge on any atom is 0.220 e. The van der Waals surface area contributed by atoms with Crippen LogP contribution in [0.15, 0.2) is 28.1 Å². The first-order valence-corrected chi connectivity index (χ1v) is 7.07. The molecule has 1 unspecified atom stereocenters. The Kier molecular flexibility index (Phi) is 4.18. The first kappa shape index (κ1) is 11.9. The smallest absolute Gasteiger partial charge is 0.220 e. The number of carbonyl (C=O) groups excluding carboxylic acids is 1. The summed E-state index contributed by atoms with van der Waals surface area (Å²) < 4.78 is 1.08. The van der Waals surface area contributed by atoms with Gasteiger partial charge in [0.2, 0.25) is 5.91 Å². The Morgan fingerprint density at radius 1 is 1.62 bits per heavy atom. The summed E-state index contributed by atoms with van der Waals surface area (Å²) in [5.74, 6) is 0.608. The Morgan fingerprint density at radius 2 is 2.50 bits per heavy atom. The average Bonchev–Trinajstić information content (AvgIpc) is 2.87. The second kappa shape index (κ2) is 5.64. The number of hydrogen-bond acceptors (Lipinski definition) is 2. The first-order valence-electron chi connectivity index (χ1n) is 5.40. The van der Waals surface area contributed by atoms with Gasteiger partial charge in [-0.05, 0) is 40.8 Å². The molecule has 1 aromatic rings. The topological polar surface area (TPSA) is 29.1 Å². The fraction of sp³-hybridized carbons (Fsp3) is 0.417. The van der Waals surface area contributed by atoms with Gasteiger partial charge in [-0.15, -0.1) is 11.3 Å². The highest BCUT2D eigenvalue weighted by molar-refractivity contribution is 9.10. The standard InChI is InChI=1S/C12H14BrNOS/c13-10-6-11(16-8-10)7-14-12(15)5-9-3-1-2-4-9/h1,3,6,8-9H,2,4-5,7H2,(H,14,15). The van der Waals surface area contributed by atoms with E-state index in [1.54, 1.807) is 11.3 Å². The number of rotatable bonds is 4. The van der Waals surface area contributed by atoms with Gasteiger partial charge in [0.1, 0.15) is 0 Å². The van der Waals surface area contributed by atoms with Crippen LogP contribution in [0.2, 0.25) is 0 Å². The number of hydrogen-bond donors (Lipinski definition) is 1. The van der Waals surface area contributed by atoms with Gasteiger partial charge in [0.15, 0.2) is 0 Å². The zero-order chi connectivity index (χ0) is 11.4. The fourth-order valence-corrected chi connectivity index (χ4v) is 3.20. The molecule has 16 heavy (non-hydrogen) atoms. The summed E-state index contributed by atoms with van der Waals surface area (Å²) in [6.07, 6.45) is 7.19. The van der Waals surface area contributed by atoms with Crippen LogP contribution in [0.4, 0.5) is 0 Å². The van der Waals surface area contributed by atoms with E-state index in [2.05, 4.69) is 33.4 Å². The molecule has 1 amide bonds. The molecule has 1 aliphatic rings. The van der Waals surface area contributed by atoms with Crippen LogP contribution < -0.4 is 5.32 Å². The van der Waals surface area contributed by atoms with Gasteiger partial charge in [-0.2, -0.15) is 0 Å². The zero-order valence-corrected chi connectivity index (χ0v) is 11.3. The number of carbonyl (C=O) groups is 1. The Bertz CT molecular complexity index is 399. The van der Waals surface area contributed by atoms with Crippen LogP contribution in [0.3, 0.4) is 0 Å². The van der Waals surface area contributed by atoms with Crippen LogP contribution >= 0.6 is 27.3 Å². The molecule has 86 valence electrons. The van der Waals surface area contributed by atoms with E-state index < -0.39 is 0 Å². The molecule has 2 rings (SSSR count). The van der Waals surface area contributed by atoms with Gasteiger partial charge in [0, 0.05) is 21.2 Å². The van der Waals surface area contributed by atoms with Gasteiger partial charge in [0.05, 0.1) is 6.54 Å². The monoisotopic (exact) mass is 299 g/mol. The van der Waals surface area contributed by atoms with E-state index in [4.69, 9.17) is 0 Å². The summed E-state index contributed by atoms with van der Waals surface area (Å²) in [6, 6.07) is 2.04. The summed E-state index contributed by atoms with van der Waals surface area (Å²) >= 11 is 5.06. The molecule has 1 aliphatic carbocycles. The van der Waals surface area contributed by atoms with Crippen molar-refractivity contribution < 1.29 is 4.79 Å². The summed E-state index contributed by atoms with van der Waals surface area (Å²) in [5, 5.41) is 4.98. The highest BCUT2D eigenvalue weighted by Gasteiger charge is 2.13. The lowest BCUT2D eigenvalue weighted by Gasteiger charge is -2.07. The number of thiophene rings is 1. The third-order valence-corrected chi connectivity index (χ3v) is 4.34. The predicted molar refractivity (Wildman–Crippen MR) is 70.3 cm³/mol. The molecule has 1 N–H and O–H groups in total. The molecule has 1 aromatic heterocycles. The van der Waals surface area contributed by atoms with Crippen LogP contribution in [-0.4, -0.2) is 5.91 Å². The van der Waals surface area contributed by atoms with Gasteiger partial charge in [0.25, 0.3) is 0 Å².